The fraction of sp³-hybridized carbons (Fsp3) is 0.231. The maximum Gasteiger partial charge on any atom is 0.210 e. The van der Waals surface area contributed by atoms with Crippen LogP contribution in [-0.2, 0) is 5.60 Å². The van der Waals surface area contributed by atoms with Gasteiger partial charge in [-0.2, -0.15) is 0 Å². The second-order valence-corrected chi connectivity index (χ2v) is 9.65. The van der Waals surface area contributed by atoms with Gasteiger partial charge in [0.05, 0.1) is 5.60 Å². The molecule has 0 bridgehead atoms. The molecule has 5 rings (SSSR count). The molecule has 1 aliphatic carbocycles. The fourth-order valence-electron chi connectivity index (χ4n) is 3.39. The van der Waals surface area contributed by atoms with Gasteiger partial charge in [0.1, 0.15) is 17.3 Å². The second-order valence-electron chi connectivity index (χ2n) is 8.68. The van der Waals surface area contributed by atoms with Crippen molar-refractivity contribution in [1.29, 1.82) is 0 Å². The predicted molar refractivity (Wildman–Crippen MR) is 133 cm³/mol. The monoisotopic (exact) mass is 458 g/mol. The first-order valence-electron chi connectivity index (χ1n) is 11.0. The molecule has 2 aromatic carbocycles. The summed E-state index contributed by atoms with van der Waals surface area (Å²) in [6.07, 6.45) is 4.08. The van der Waals surface area contributed by atoms with Gasteiger partial charge >= 0.3 is 0 Å². The Morgan fingerprint density at radius 2 is 1.85 bits per heavy atom. The van der Waals surface area contributed by atoms with E-state index in [1.165, 1.54) is 24.2 Å². The van der Waals surface area contributed by atoms with E-state index in [-0.39, 0.29) is 0 Å². The number of aliphatic hydroxyl groups is 1. The highest BCUT2D eigenvalue weighted by Gasteiger charge is 2.24. The van der Waals surface area contributed by atoms with Crippen LogP contribution in [0, 0.1) is 0 Å². The molecule has 7 heteroatoms. The molecule has 6 nitrogen and oxygen atoms in total. The zero-order valence-electron chi connectivity index (χ0n) is 18.6. The highest BCUT2D eigenvalue weighted by atomic mass is 32.1. The number of ether oxygens (including phenoxy) is 1. The van der Waals surface area contributed by atoms with Crippen LogP contribution in [0.3, 0.4) is 0 Å². The maximum atomic E-state index is 10.3. The molecule has 0 unspecified atom stereocenters. The van der Waals surface area contributed by atoms with Crippen molar-refractivity contribution in [2.45, 2.75) is 38.3 Å². The smallest absolute Gasteiger partial charge is 0.210 e. The number of nitrogens with one attached hydrogen (secondary N) is 2. The largest absolute Gasteiger partial charge is 0.444 e. The van der Waals surface area contributed by atoms with Gasteiger partial charge in [-0.3, -0.25) is 0 Å². The summed E-state index contributed by atoms with van der Waals surface area (Å²) < 4.78 is 6.30. The van der Waals surface area contributed by atoms with Gasteiger partial charge in [0, 0.05) is 29.6 Å². The quantitative estimate of drug-likeness (QED) is 0.278. The molecular formula is C26H26N4O2S. The third-order valence-corrected chi connectivity index (χ3v) is 6.20. The first kappa shape index (κ1) is 21.4. The Hall–Kier alpha value is -3.42. The molecule has 4 aromatic rings. The molecular weight excluding hydrogens is 432 g/mol. The highest BCUT2D eigenvalue weighted by Crippen LogP contribution is 2.42. The number of rotatable bonds is 8. The highest BCUT2D eigenvalue weighted by molar-refractivity contribution is 7.17. The fourth-order valence-corrected chi connectivity index (χ4v) is 4.33. The zero-order chi connectivity index (χ0) is 22.8. The van der Waals surface area contributed by atoms with Crippen LogP contribution >= 0.6 is 11.3 Å². The van der Waals surface area contributed by atoms with Crippen molar-refractivity contribution in [3.8, 4) is 22.1 Å². The van der Waals surface area contributed by atoms with E-state index in [4.69, 9.17) is 9.72 Å². The molecule has 0 aliphatic heterocycles. The van der Waals surface area contributed by atoms with Crippen LogP contribution in [0.1, 0.15) is 32.3 Å². The summed E-state index contributed by atoms with van der Waals surface area (Å²) >= 11 is 1.52. The minimum Gasteiger partial charge on any atom is -0.444 e. The van der Waals surface area contributed by atoms with Gasteiger partial charge in [0.25, 0.3) is 0 Å². The summed E-state index contributed by atoms with van der Waals surface area (Å²) in [4.78, 5) is 9.23. The molecule has 0 spiro atoms. The van der Waals surface area contributed by atoms with Gasteiger partial charge in [0.2, 0.25) is 5.06 Å². The normalized spacial score (nSPS) is 13.5. The van der Waals surface area contributed by atoms with E-state index in [0.29, 0.717) is 17.6 Å². The summed E-state index contributed by atoms with van der Waals surface area (Å²) in [5.74, 6) is 1.33. The summed E-state index contributed by atoms with van der Waals surface area (Å²) in [5, 5.41) is 18.7. The molecule has 1 aliphatic rings. The summed E-state index contributed by atoms with van der Waals surface area (Å²) in [6, 6.07) is 22.0. The van der Waals surface area contributed by atoms with Gasteiger partial charge in [-0.15, -0.1) is 0 Å². The summed E-state index contributed by atoms with van der Waals surface area (Å²) in [5.41, 5.74) is 2.60. The number of pyridine rings is 1. The van der Waals surface area contributed by atoms with E-state index >= 15 is 0 Å². The summed E-state index contributed by atoms with van der Waals surface area (Å²) in [7, 11) is 0. The van der Waals surface area contributed by atoms with Gasteiger partial charge in [-0.1, -0.05) is 53.8 Å². The van der Waals surface area contributed by atoms with Crippen molar-refractivity contribution >= 4 is 28.0 Å². The number of aromatic nitrogens is 2. The van der Waals surface area contributed by atoms with Gasteiger partial charge in [0.15, 0.2) is 5.13 Å². The Bertz CT molecular complexity index is 1250. The molecule has 0 saturated heterocycles. The lowest BCUT2D eigenvalue weighted by Crippen LogP contribution is -2.15. The van der Waals surface area contributed by atoms with Crippen molar-refractivity contribution in [2.75, 3.05) is 10.6 Å². The van der Waals surface area contributed by atoms with E-state index in [2.05, 4.69) is 15.6 Å². The standard InChI is InChI=1S/C26H26N4O2S/c1-26(2,31)18-9-6-10-20(15-18)28-22-16-21(13-14-27-22)32-24-23(17-7-4-3-5-8-17)30-25(33-24)29-19-11-12-19/h3-10,13-16,19,31H,11-12H2,1-2H3,(H,27,28)(H,29,30). The Morgan fingerprint density at radius 3 is 2.61 bits per heavy atom. The van der Waals surface area contributed by atoms with Crippen molar-refractivity contribution in [2.24, 2.45) is 0 Å². The van der Waals surface area contributed by atoms with Crippen molar-refractivity contribution in [3.05, 3.63) is 78.5 Å². The van der Waals surface area contributed by atoms with Gasteiger partial charge < -0.3 is 20.5 Å². The Morgan fingerprint density at radius 1 is 1.03 bits per heavy atom. The molecule has 0 amide bonds. The molecule has 1 saturated carbocycles. The number of hydrogen-bond acceptors (Lipinski definition) is 7. The lowest BCUT2D eigenvalue weighted by Gasteiger charge is -2.18. The van der Waals surface area contributed by atoms with E-state index < -0.39 is 5.60 Å². The second kappa shape index (κ2) is 8.84. The summed E-state index contributed by atoms with van der Waals surface area (Å²) in [6.45, 7) is 3.54. The van der Waals surface area contributed by atoms with Crippen LogP contribution in [0.15, 0.2) is 72.9 Å². The minimum atomic E-state index is -0.914. The van der Waals surface area contributed by atoms with Crippen LogP contribution in [-0.4, -0.2) is 21.1 Å². The van der Waals surface area contributed by atoms with E-state index in [9.17, 15) is 5.11 Å². The molecule has 0 radical (unpaired) electrons. The third kappa shape index (κ3) is 5.32. The Balaban J connectivity index is 1.39. The number of thiazole rings is 1. The van der Waals surface area contributed by atoms with Crippen LogP contribution in [0.2, 0.25) is 0 Å². The maximum absolute atomic E-state index is 10.3. The molecule has 168 valence electrons. The number of nitrogens with zero attached hydrogens (tertiary/aromatic N) is 2. The average molecular weight is 459 g/mol. The van der Waals surface area contributed by atoms with E-state index in [1.54, 1.807) is 20.0 Å². The Labute approximate surface area is 197 Å². The van der Waals surface area contributed by atoms with Gasteiger partial charge in [-0.05, 0) is 50.5 Å². The topological polar surface area (TPSA) is 79.3 Å². The van der Waals surface area contributed by atoms with Crippen molar-refractivity contribution in [1.82, 2.24) is 9.97 Å². The first-order valence-corrected chi connectivity index (χ1v) is 11.8. The number of benzene rings is 2. The molecule has 33 heavy (non-hydrogen) atoms. The number of hydrogen-bond donors (Lipinski definition) is 3. The molecule has 0 atom stereocenters. The van der Waals surface area contributed by atoms with Crippen LogP contribution in [0.4, 0.5) is 16.6 Å². The SMILES string of the molecule is CC(C)(O)c1cccc(Nc2cc(Oc3sc(NC4CC4)nc3-c3ccccc3)ccn2)c1. The molecule has 1 fully saturated rings. The van der Waals surface area contributed by atoms with Crippen molar-refractivity contribution < 1.29 is 9.84 Å². The Kier molecular flexibility index (Phi) is 5.74. The van der Waals surface area contributed by atoms with E-state index in [1.807, 2.05) is 66.7 Å². The predicted octanol–water partition coefficient (Wildman–Crippen LogP) is 6.54. The van der Waals surface area contributed by atoms with Crippen LogP contribution in [0.25, 0.3) is 11.3 Å². The van der Waals surface area contributed by atoms with Crippen molar-refractivity contribution in [3.63, 3.8) is 0 Å². The first-order chi connectivity index (χ1) is 15.9. The third-order valence-electron chi connectivity index (χ3n) is 5.33. The lowest BCUT2D eigenvalue weighted by atomic mass is 9.98. The van der Waals surface area contributed by atoms with Crippen LogP contribution < -0.4 is 15.4 Å². The minimum absolute atomic E-state index is 0.518. The zero-order valence-corrected chi connectivity index (χ0v) is 19.4. The molecule has 3 N–H and O–H groups in total. The van der Waals surface area contributed by atoms with Gasteiger partial charge in [-0.25, -0.2) is 9.97 Å². The van der Waals surface area contributed by atoms with Crippen LogP contribution in [0.5, 0.6) is 10.8 Å². The molecule has 2 aromatic heterocycles. The molecule has 2 heterocycles. The average Bonchev–Trinajstić information content (AvgIpc) is 3.53. The van der Waals surface area contributed by atoms with E-state index in [0.717, 1.165) is 32.7 Å². The lowest BCUT2D eigenvalue weighted by molar-refractivity contribution is 0.0786. The number of anilines is 3.